The fourth-order valence-electron chi connectivity index (χ4n) is 4.17. The first kappa shape index (κ1) is 22.3. The molecule has 2 aromatic heterocycles. The van der Waals surface area contributed by atoms with Crippen molar-refractivity contribution in [3.05, 3.63) is 65.2 Å². The van der Waals surface area contributed by atoms with Gasteiger partial charge in [-0.3, -0.25) is 4.79 Å². The number of rotatable bonds is 6. The molecule has 0 spiro atoms. The number of nitrogens with zero attached hydrogens (tertiary/aromatic N) is 3. The van der Waals surface area contributed by atoms with Crippen LogP contribution in [0.2, 0.25) is 0 Å². The summed E-state index contributed by atoms with van der Waals surface area (Å²) in [6, 6.07) is 13.2. The molecule has 0 N–H and O–H groups in total. The highest BCUT2D eigenvalue weighted by Crippen LogP contribution is 2.38. The van der Waals surface area contributed by atoms with Crippen LogP contribution in [0.15, 0.2) is 47.1 Å². The summed E-state index contributed by atoms with van der Waals surface area (Å²) in [5, 5.41) is 9.42. The molecule has 1 aromatic carbocycles. The van der Waals surface area contributed by atoms with E-state index >= 15 is 0 Å². The predicted molar refractivity (Wildman–Crippen MR) is 124 cm³/mol. The number of para-hydroxylation sites is 1. The number of carbonyl (C=O) groups is 2. The van der Waals surface area contributed by atoms with E-state index in [1.807, 2.05) is 48.5 Å². The Morgan fingerprint density at radius 1 is 1.27 bits per heavy atom. The van der Waals surface area contributed by atoms with Gasteiger partial charge in [-0.25, -0.2) is 9.78 Å². The van der Waals surface area contributed by atoms with Crippen LogP contribution >= 0.6 is 0 Å². The normalized spacial score (nSPS) is 16.3. The van der Waals surface area contributed by atoms with E-state index in [4.69, 9.17) is 19.4 Å². The van der Waals surface area contributed by atoms with Gasteiger partial charge in [0.05, 0.1) is 35.5 Å². The molecule has 33 heavy (non-hydrogen) atoms. The second-order valence-electron chi connectivity index (χ2n) is 8.33. The number of likely N-dealkylation sites (N-methyl/N-ethyl adjacent to an activating group) is 1. The van der Waals surface area contributed by atoms with E-state index in [0.29, 0.717) is 35.3 Å². The van der Waals surface area contributed by atoms with Crippen LogP contribution < -0.4 is 0 Å². The van der Waals surface area contributed by atoms with Crippen LogP contribution in [0.3, 0.4) is 0 Å². The number of carbonyl (C=O) groups excluding carboxylic acids is 2. The van der Waals surface area contributed by atoms with Crippen LogP contribution in [-0.4, -0.2) is 42.0 Å². The van der Waals surface area contributed by atoms with E-state index in [9.17, 15) is 9.59 Å². The zero-order chi connectivity index (χ0) is 23.4. The molecule has 1 atom stereocenters. The van der Waals surface area contributed by atoms with Crippen LogP contribution in [0.5, 0.6) is 0 Å². The van der Waals surface area contributed by atoms with Crippen molar-refractivity contribution in [1.29, 1.82) is 5.26 Å². The molecule has 7 heteroatoms. The van der Waals surface area contributed by atoms with Gasteiger partial charge in [0, 0.05) is 19.0 Å². The van der Waals surface area contributed by atoms with Crippen molar-refractivity contribution in [2.75, 3.05) is 20.2 Å². The van der Waals surface area contributed by atoms with Crippen LogP contribution in [-0.2, 0) is 16.0 Å². The monoisotopic (exact) mass is 443 g/mol. The highest BCUT2D eigenvalue weighted by Gasteiger charge is 2.29. The summed E-state index contributed by atoms with van der Waals surface area (Å²) in [6.07, 6.45) is 5.32. The van der Waals surface area contributed by atoms with Gasteiger partial charge in [-0.2, -0.15) is 5.26 Å². The summed E-state index contributed by atoms with van der Waals surface area (Å²) >= 11 is 0. The molecule has 168 valence electrons. The zero-order valence-electron chi connectivity index (χ0n) is 18.7. The van der Waals surface area contributed by atoms with E-state index in [0.717, 1.165) is 29.0 Å². The minimum Gasteiger partial charge on any atom is -0.465 e. The standard InChI is InChI=1S/C26H25N3O4/c1-17-13-18(15-19-7-5-12-32-19)25-21(14-17)24(20-8-3-4-9-22(20)28-25)26(31)33-16-23(30)29(2)11-6-10-27/h3-5,7-9,12,15,17H,6,11,13-14,16H2,1-2H3/b18-15+. The Balaban J connectivity index is 1.72. The first-order valence-corrected chi connectivity index (χ1v) is 10.9. The zero-order valence-corrected chi connectivity index (χ0v) is 18.7. The molecular weight excluding hydrogens is 418 g/mol. The van der Waals surface area contributed by atoms with E-state index < -0.39 is 5.97 Å². The van der Waals surface area contributed by atoms with Gasteiger partial charge in [0.1, 0.15) is 5.76 Å². The van der Waals surface area contributed by atoms with Gasteiger partial charge in [0.15, 0.2) is 6.61 Å². The molecule has 0 saturated heterocycles. The summed E-state index contributed by atoms with van der Waals surface area (Å²) in [7, 11) is 1.59. The van der Waals surface area contributed by atoms with Crippen molar-refractivity contribution in [2.24, 2.45) is 5.92 Å². The maximum Gasteiger partial charge on any atom is 0.339 e. The SMILES string of the molecule is CC1C/C(=C\c2ccco2)c2nc3ccccc3c(C(=O)OCC(=O)N(C)CCC#N)c2C1. The third-order valence-electron chi connectivity index (χ3n) is 5.79. The smallest absolute Gasteiger partial charge is 0.339 e. The molecule has 0 aliphatic heterocycles. The highest BCUT2D eigenvalue weighted by molar-refractivity contribution is 6.07. The first-order valence-electron chi connectivity index (χ1n) is 10.9. The lowest BCUT2D eigenvalue weighted by atomic mass is 9.81. The van der Waals surface area contributed by atoms with Crippen LogP contribution in [0, 0.1) is 17.2 Å². The number of furan rings is 1. The van der Waals surface area contributed by atoms with Crippen molar-refractivity contribution in [3.63, 3.8) is 0 Å². The molecule has 1 unspecified atom stereocenters. The number of ether oxygens (including phenoxy) is 1. The Hall–Kier alpha value is -3.92. The van der Waals surface area contributed by atoms with Crippen LogP contribution in [0.1, 0.15) is 47.1 Å². The molecule has 0 fully saturated rings. The number of nitriles is 1. The average molecular weight is 444 g/mol. The summed E-state index contributed by atoms with van der Waals surface area (Å²) in [4.78, 5) is 31.9. The van der Waals surface area contributed by atoms with Crippen molar-refractivity contribution in [3.8, 4) is 6.07 Å². The molecule has 0 bridgehead atoms. The van der Waals surface area contributed by atoms with Gasteiger partial charge < -0.3 is 14.1 Å². The summed E-state index contributed by atoms with van der Waals surface area (Å²) in [5.41, 5.74) is 3.76. The fourth-order valence-corrected chi connectivity index (χ4v) is 4.17. The van der Waals surface area contributed by atoms with Gasteiger partial charge in [0.25, 0.3) is 5.91 Å². The Morgan fingerprint density at radius 2 is 2.09 bits per heavy atom. The largest absolute Gasteiger partial charge is 0.465 e. The van der Waals surface area contributed by atoms with Crippen molar-refractivity contribution in [1.82, 2.24) is 9.88 Å². The quantitative estimate of drug-likeness (QED) is 0.521. The number of fused-ring (bicyclic) bond motifs is 2. The van der Waals surface area contributed by atoms with Crippen LogP contribution in [0.25, 0.3) is 22.6 Å². The molecule has 1 aliphatic carbocycles. The number of pyridine rings is 1. The molecule has 0 saturated carbocycles. The van der Waals surface area contributed by atoms with Gasteiger partial charge >= 0.3 is 5.97 Å². The molecule has 4 rings (SSSR count). The molecule has 0 radical (unpaired) electrons. The molecule has 2 heterocycles. The van der Waals surface area contributed by atoms with Gasteiger partial charge in [-0.1, -0.05) is 25.1 Å². The Bertz CT molecular complexity index is 1250. The number of hydrogen-bond donors (Lipinski definition) is 0. The number of benzene rings is 1. The van der Waals surface area contributed by atoms with E-state index in [-0.39, 0.29) is 18.9 Å². The average Bonchev–Trinajstić information content (AvgIpc) is 3.32. The number of allylic oxidation sites excluding steroid dienone is 1. The molecule has 1 aliphatic rings. The third kappa shape index (κ3) is 4.80. The maximum atomic E-state index is 13.3. The Labute approximate surface area is 192 Å². The minimum absolute atomic E-state index is 0.224. The predicted octanol–water partition coefficient (Wildman–Crippen LogP) is 4.48. The van der Waals surface area contributed by atoms with Gasteiger partial charge in [-0.05, 0) is 54.2 Å². The van der Waals surface area contributed by atoms with E-state index in [1.165, 1.54) is 4.90 Å². The maximum absolute atomic E-state index is 13.3. The number of amides is 1. The van der Waals surface area contributed by atoms with Crippen LogP contribution in [0.4, 0.5) is 0 Å². The lowest BCUT2D eigenvalue weighted by molar-refractivity contribution is -0.133. The lowest BCUT2D eigenvalue weighted by Gasteiger charge is -2.26. The summed E-state index contributed by atoms with van der Waals surface area (Å²) < 4.78 is 11.0. The second kappa shape index (κ2) is 9.70. The fraction of sp³-hybridized carbons (Fsp3) is 0.308. The van der Waals surface area contributed by atoms with Gasteiger partial charge in [0.2, 0.25) is 0 Å². The number of aromatic nitrogens is 1. The summed E-state index contributed by atoms with van der Waals surface area (Å²) in [6.45, 7) is 2.05. The third-order valence-corrected chi connectivity index (χ3v) is 5.79. The Kier molecular flexibility index (Phi) is 6.55. The molecule has 7 nitrogen and oxygen atoms in total. The van der Waals surface area contributed by atoms with E-state index in [2.05, 4.69) is 6.92 Å². The topological polar surface area (TPSA) is 96.4 Å². The number of hydrogen-bond acceptors (Lipinski definition) is 6. The van der Waals surface area contributed by atoms with Crippen molar-refractivity contribution in [2.45, 2.75) is 26.2 Å². The Morgan fingerprint density at radius 3 is 2.85 bits per heavy atom. The highest BCUT2D eigenvalue weighted by atomic mass is 16.5. The second-order valence-corrected chi connectivity index (χ2v) is 8.33. The lowest BCUT2D eigenvalue weighted by Crippen LogP contribution is -2.32. The van der Waals surface area contributed by atoms with Crippen molar-refractivity contribution >= 4 is 34.4 Å². The van der Waals surface area contributed by atoms with E-state index in [1.54, 1.807) is 13.3 Å². The van der Waals surface area contributed by atoms with Gasteiger partial charge in [-0.15, -0.1) is 0 Å². The molecule has 1 amide bonds. The minimum atomic E-state index is -0.543. The molecular formula is C26H25N3O4. The first-order chi connectivity index (χ1) is 16.0. The summed E-state index contributed by atoms with van der Waals surface area (Å²) in [5.74, 6) is 0.137. The number of esters is 1. The molecule has 3 aromatic rings. The van der Waals surface area contributed by atoms with Crippen molar-refractivity contribution < 1.29 is 18.7 Å².